The fourth-order valence-corrected chi connectivity index (χ4v) is 2.76. The largest absolute Gasteiger partial charge is 0.250 e. The molecule has 0 aliphatic heterocycles. The van der Waals surface area contributed by atoms with Crippen LogP contribution in [0.5, 0.6) is 0 Å². The molecule has 2 aromatic rings. The van der Waals surface area contributed by atoms with Gasteiger partial charge in [0.05, 0.1) is 0 Å². The van der Waals surface area contributed by atoms with Gasteiger partial charge in [-0.15, -0.1) is 0 Å². The second-order valence-corrected chi connectivity index (χ2v) is 14.8. The Balaban J connectivity index is 0.000000323. The Labute approximate surface area is 243 Å². The number of alkyl halides is 12. The van der Waals surface area contributed by atoms with Gasteiger partial charge in [-0.3, -0.25) is 0 Å². The van der Waals surface area contributed by atoms with Gasteiger partial charge in [0.25, 0.3) is 0 Å². The normalized spacial score (nSPS) is 12.9. The summed E-state index contributed by atoms with van der Waals surface area (Å²) in [6.07, 6.45) is 1.38. The van der Waals surface area contributed by atoms with E-state index in [1.54, 1.807) is 6.92 Å². The second-order valence-electron chi connectivity index (χ2n) is 5.67. The molecule has 2 aromatic heterocycles. The highest BCUT2D eigenvalue weighted by Crippen LogP contribution is 2.41. The first-order chi connectivity index (χ1) is 14.2. The zero-order valence-electron chi connectivity index (χ0n) is 15.6. The van der Waals surface area contributed by atoms with Crippen LogP contribution in [0.3, 0.4) is 0 Å². The average Bonchev–Trinajstić information content (AvgIpc) is 2.59. The van der Waals surface area contributed by atoms with Crippen LogP contribution in [0.4, 0.5) is 0 Å². The van der Waals surface area contributed by atoms with Gasteiger partial charge in [-0.1, -0.05) is 146 Å². The molecule has 0 unspecified atom stereocenters. The Morgan fingerprint density at radius 1 is 0.500 bits per heavy atom. The molecule has 180 valence electrons. The zero-order chi connectivity index (χ0) is 25.1. The van der Waals surface area contributed by atoms with E-state index in [1.165, 1.54) is 0 Å². The van der Waals surface area contributed by atoms with Crippen molar-refractivity contribution >= 4 is 139 Å². The third-order valence-corrected chi connectivity index (χ3v) is 4.95. The molecule has 0 spiro atoms. The van der Waals surface area contributed by atoms with Gasteiger partial charge in [-0.25, -0.2) is 29.9 Å². The lowest BCUT2D eigenvalue weighted by Gasteiger charge is -2.15. The lowest BCUT2D eigenvalue weighted by Crippen LogP contribution is -2.18. The molecule has 6 nitrogen and oxygen atoms in total. The standard InChI is InChI=1S/C8H7Cl6N3.C6H3Cl6N3/c1-2-3-4-15-5(7(9,10)11)17-6(16-4)8(12,13)14;1-2-13-3(5(7,8)9)15-4(14-2)6(10,11)12/h2-3H2,1H3;1H3. The monoisotopic (exact) mass is 682 g/mol. The molecule has 0 saturated carbocycles. The van der Waals surface area contributed by atoms with Gasteiger partial charge in [0.15, 0.2) is 23.3 Å². The number of aromatic nitrogens is 6. The maximum Gasteiger partial charge on any atom is 0.250 e. The molecule has 0 fully saturated rings. The number of hydrogen-bond acceptors (Lipinski definition) is 6. The van der Waals surface area contributed by atoms with Gasteiger partial charge in [0.2, 0.25) is 15.2 Å². The van der Waals surface area contributed by atoms with Crippen molar-refractivity contribution in [1.29, 1.82) is 0 Å². The zero-order valence-corrected chi connectivity index (χ0v) is 24.7. The molecule has 0 aromatic carbocycles. The van der Waals surface area contributed by atoms with E-state index in [0.29, 0.717) is 18.1 Å². The van der Waals surface area contributed by atoms with Crippen molar-refractivity contribution in [3.05, 3.63) is 34.9 Å². The van der Waals surface area contributed by atoms with Crippen molar-refractivity contribution in [1.82, 2.24) is 29.9 Å². The minimum absolute atomic E-state index is 0.0534. The predicted octanol–water partition coefficient (Wildman–Crippen LogP) is 8.31. The molecular weight excluding hydrogens is 678 g/mol. The van der Waals surface area contributed by atoms with Crippen molar-refractivity contribution < 1.29 is 0 Å². The van der Waals surface area contributed by atoms with E-state index in [2.05, 4.69) is 29.9 Å². The van der Waals surface area contributed by atoms with E-state index < -0.39 is 15.2 Å². The van der Waals surface area contributed by atoms with Crippen molar-refractivity contribution in [3.63, 3.8) is 0 Å². The van der Waals surface area contributed by atoms with Crippen LogP contribution in [0.15, 0.2) is 0 Å². The number of hydrogen-bond donors (Lipinski definition) is 0. The maximum atomic E-state index is 5.70. The molecule has 0 radical (unpaired) electrons. The van der Waals surface area contributed by atoms with Gasteiger partial charge in [-0.05, 0) is 13.3 Å². The summed E-state index contributed by atoms with van der Waals surface area (Å²) < 4.78 is -7.12. The first-order valence-corrected chi connectivity index (χ1v) is 12.5. The van der Waals surface area contributed by atoms with Crippen LogP contribution >= 0.6 is 139 Å². The lowest BCUT2D eigenvalue weighted by atomic mass is 10.3. The quantitative estimate of drug-likeness (QED) is 0.296. The van der Waals surface area contributed by atoms with E-state index >= 15 is 0 Å². The lowest BCUT2D eigenvalue weighted by molar-refractivity contribution is 0.750. The molecule has 0 N–H and O–H groups in total. The third kappa shape index (κ3) is 10.6. The molecule has 0 aliphatic rings. The molecule has 2 rings (SSSR count). The van der Waals surface area contributed by atoms with Gasteiger partial charge in [0.1, 0.15) is 11.6 Å². The van der Waals surface area contributed by atoms with Crippen LogP contribution < -0.4 is 0 Å². The maximum absolute atomic E-state index is 5.70. The molecule has 32 heavy (non-hydrogen) atoms. The number of halogens is 12. The van der Waals surface area contributed by atoms with Crippen molar-refractivity contribution in [2.75, 3.05) is 0 Å². The first-order valence-electron chi connectivity index (χ1n) is 8.01. The van der Waals surface area contributed by atoms with E-state index in [4.69, 9.17) is 139 Å². The molecule has 0 atom stereocenters. The summed E-state index contributed by atoms with van der Waals surface area (Å²) in [5.74, 6) is 0.449. The van der Waals surface area contributed by atoms with Crippen LogP contribution in [0.2, 0.25) is 0 Å². The first kappa shape index (κ1) is 31.5. The van der Waals surface area contributed by atoms with Gasteiger partial charge >= 0.3 is 0 Å². The summed E-state index contributed by atoms with van der Waals surface area (Å²) in [6, 6.07) is 0. The highest BCUT2D eigenvalue weighted by molar-refractivity contribution is 6.68. The average molecular weight is 688 g/mol. The third-order valence-electron chi connectivity index (χ3n) is 2.92. The molecule has 0 aliphatic carbocycles. The molecule has 2 heterocycles. The van der Waals surface area contributed by atoms with Crippen molar-refractivity contribution in [3.8, 4) is 0 Å². The van der Waals surface area contributed by atoms with Crippen LogP contribution in [0.25, 0.3) is 0 Å². The molecule has 0 amide bonds. The Hall–Kier alpha value is 1.50. The summed E-state index contributed by atoms with van der Waals surface area (Å²) in [4.78, 5) is 23.3. The van der Waals surface area contributed by atoms with E-state index in [-0.39, 0.29) is 23.3 Å². The summed E-state index contributed by atoms with van der Waals surface area (Å²) >= 11 is 67.8. The summed E-state index contributed by atoms with van der Waals surface area (Å²) in [7, 11) is 0. The Bertz CT molecular complexity index is 852. The van der Waals surface area contributed by atoms with Crippen molar-refractivity contribution in [2.45, 2.75) is 41.9 Å². The number of nitrogens with zero attached hydrogens (tertiary/aromatic N) is 6. The summed E-state index contributed by atoms with van der Waals surface area (Å²) in [6.45, 7) is 3.52. The van der Waals surface area contributed by atoms with Crippen LogP contribution in [0, 0.1) is 6.92 Å². The minimum atomic E-state index is -1.78. The van der Waals surface area contributed by atoms with Gasteiger partial charge in [-0.2, -0.15) is 0 Å². The second kappa shape index (κ2) is 12.2. The van der Waals surface area contributed by atoms with Crippen LogP contribution in [0.1, 0.15) is 48.3 Å². The number of aryl methyl sites for hydroxylation is 2. The van der Waals surface area contributed by atoms with Gasteiger partial charge in [0, 0.05) is 6.42 Å². The smallest absolute Gasteiger partial charge is 0.214 e. The van der Waals surface area contributed by atoms with Gasteiger partial charge < -0.3 is 0 Å². The minimum Gasteiger partial charge on any atom is -0.214 e. The van der Waals surface area contributed by atoms with Crippen LogP contribution in [-0.2, 0) is 21.6 Å². The summed E-state index contributed by atoms with van der Waals surface area (Å²) in [5, 5.41) is 0. The molecule has 0 saturated heterocycles. The topological polar surface area (TPSA) is 77.3 Å². The van der Waals surface area contributed by atoms with Crippen molar-refractivity contribution in [2.24, 2.45) is 0 Å². The van der Waals surface area contributed by atoms with E-state index in [0.717, 1.165) is 6.42 Å². The highest BCUT2D eigenvalue weighted by Gasteiger charge is 2.34. The highest BCUT2D eigenvalue weighted by atomic mass is 35.6. The SMILES string of the molecule is CCCc1nc(C(Cl)(Cl)Cl)nc(C(Cl)(Cl)Cl)n1.Cc1nc(C(Cl)(Cl)Cl)nc(C(Cl)(Cl)Cl)n1. The summed E-state index contributed by atoms with van der Waals surface area (Å²) in [5.41, 5.74) is 0. The molecular formula is C14H10Cl12N6. The Kier molecular flexibility index (Phi) is 12.0. The predicted molar refractivity (Wildman–Crippen MR) is 135 cm³/mol. The Morgan fingerprint density at radius 2 is 0.781 bits per heavy atom. The fourth-order valence-electron chi connectivity index (χ4n) is 1.74. The Morgan fingerprint density at radius 3 is 1.03 bits per heavy atom. The fraction of sp³-hybridized carbons (Fsp3) is 0.571. The molecule has 18 heteroatoms. The number of rotatable bonds is 2. The van der Waals surface area contributed by atoms with Crippen LogP contribution in [-0.4, -0.2) is 29.9 Å². The van der Waals surface area contributed by atoms with E-state index in [9.17, 15) is 0 Å². The molecule has 0 bridgehead atoms. The van der Waals surface area contributed by atoms with E-state index in [1.807, 2.05) is 6.92 Å².